The Bertz CT molecular complexity index is 1760. The molecule has 11 heteroatoms. The quantitative estimate of drug-likeness (QED) is 0.112. The number of ether oxygens (including phenoxy) is 2. The molecular weight excluding hydrogens is 648 g/mol. The van der Waals surface area contributed by atoms with Gasteiger partial charge in [0.2, 0.25) is 0 Å². The third-order valence-electron chi connectivity index (χ3n) is 6.44. The topological polar surface area (TPSA) is 107 Å². The van der Waals surface area contributed by atoms with Gasteiger partial charge >= 0.3 is 5.91 Å². The van der Waals surface area contributed by atoms with Crippen LogP contribution < -0.4 is 20.2 Å². The van der Waals surface area contributed by atoms with Gasteiger partial charge in [0.05, 0.1) is 15.7 Å². The molecule has 0 saturated heterocycles. The third-order valence-corrected chi connectivity index (χ3v) is 7.31. The summed E-state index contributed by atoms with van der Waals surface area (Å²) in [5, 5.41) is 7.00. The lowest BCUT2D eigenvalue weighted by atomic mass is 10.2. The lowest BCUT2D eigenvalue weighted by molar-refractivity contribution is -0.118. The third kappa shape index (κ3) is 7.77. The number of carbonyl (C=O) groups excluding carboxylic acids is 2. The van der Waals surface area contributed by atoms with Crippen molar-refractivity contribution < 1.29 is 23.5 Å². The zero-order valence-electron chi connectivity index (χ0n) is 23.8. The molecule has 0 fully saturated rings. The van der Waals surface area contributed by atoms with E-state index in [4.69, 9.17) is 25.5 Å². The van der Waals surface area contributed by atoms with Crippen LogP contribution >= 0.6 is 27.5 Å². The van der Waals surface area contributed by atoms with Crippen LogP contribution in [0.3, 0.4) is 0 Å². The van der Waals surface area contributed by atoms with E-state index < -0.39 is 5.91 Å². The van der Waals surface area contributed by atoms with Crippen molar-refractivity contribution >= 4 is 51.2 Å². The molecule has 0 saturated carbocycles. The molecular formula is C33H28BrClN4O5. The number of para-hydroxylation sites is 1. The second-order valence-corrected chi connectivity index (χ2v) is 11.0. The first-order valence-corrected chi connectivity index (χ1v) is 14.7. The number of hydrazone groups is 1. The van der Waals surface area contributed by atoms with Gasteiger partial charge in [0.25, 0.3) is 5.91 Å². The molecule has 3 aromatic carbocycles. The molecule has 2 aromatic heterocycles. The molecule has 0 bridgehead atoms. The highest BCUT2D eigenvalue weighted by molar-refractivity contribution is 9.10. The summed E-state index contributed by atoms with van der Waals surface area (Å²) < 4.78 is 19.8. The summed E-state index contributed by atoms with van der Waals surface area (Å²) in [4.78, 5) is 24.7. The van der Waals surface area contributed by atoms with Gasteiger partial charge in [-0.2, -0.15) is 5.10 Å². The Morgan fingerprint density at radius 2 is 1.68 bits per heavy atom. The average Bonchev–Trinajstić information content (AvgIpc) is 3.62. The summed E-state index contributed by atoms with van der Waals surface area (Å²) in [5.74, 6) is 0.718. The first-order chi connectivity index (χ1) is 21.3. The Hall–Kier alpha value is -4.80. The molecule has 44 heavy (non-hydrogen) atoms. The number of hydrogen-bond acceptors (Lipinski definition) is 6. The standard InChI is InChI=1S/C33H28BrClN4O5/c1-21-8-9-22(2)39(21)25-10-12-26(13-11-25)42-19-27-14-15-30(44-27)33(41)38-36-18-23-16-28(34)32(29(35)17-23)43-20-31(40)37-24-6-4-3-5-7-24/h3-18H,19-20H2,1-2H3,(H,37,40)(H,38,41)/b36-18+. The SMILES string of the molecule is Cc1ccc(C)n1-c1ccc(OCc2ccc(C(=O)N/N=C/c3cc(Cl)c(OCC(=O)Nc4ccccc4)c(Br)c3)o2)cc1. The fraction of sp³-hybridized carbons (Fsp3) is 0.121. The molecule has 5 rings (SSSR count). The minimum Gasteiger partial charge on any atom is -0.486 e. The highest BCUT2D eigenvalue weighted by Gasteiger charge is 2.13. The first-order valence-electron chi connectivity index (χ1n) is 13.5. The number of aromatic nitrogens is 1. The Balaban J connectivity index is 1.10. The highest BCUT2D eigenvalue weighted by atomic mass is 79.9. The molecule has 0 aliphatic rings. The van der Waals surface area contributed by atoms with Crippen molar-refractivity contribution in [3.63, 3.8) is 0 Å². The second kappa shape index (κ2) is 14.1. The molecule has 5 aromatic rings. The van der Waals surface area contributed by atoms with Gasteiger partial charge in [-0.05, 0) is 108 Å². The van der Waals surface area contributed by atoms with E-state index in [1.54, 1.807) is 36.4 Å². The minimum absolute atomic E-state index is 0.0893. The van der Waals surface area contributed by atoms with Crippen molar-refractivity contribution in [3.8, 4) is 17.2 Å². The lowest BCUT2D eigenvalue weighted by Gasteiger charge is -2.11. The number of amides is 2. The molecule has 2 amide bonds. The summed E-state index contributed by atoms with van der Waals surface area (Å²) in [5.41, 5.74) is 7.05. The van der Waals surface area contributed by atoms with E-state index in [0.29, 0.717) is 33.0 Å². The van der Waals surface area contributed by atoms with Crippen molar-refractivity contribution in [2.45, 2.75) is 20.5 Å². The summed E-state index contributed by atoms with van der Waals surface area (Å²) in [7, 11) is 0. The normalized spacial score (nSPS) is 11.0. The zero-order chi connectivity index (χ0) is 31.1. The van der Waals surface area contributed by atoms with Crippen LogP contribution in [-0.4, -0.2) is 29.2 Å². The number of carbonyl (C=O) groups is 2. The van der Waals surface area contributed by atoms with Crippen molar-refractivity contribution in [1.29, 1.82) is 0 Å². The molecule has 0 aliphatic heterocycles. The van der Waals surface area contributed by atoms with E-state index in [9.17, 15) is 9.59 Å². The van der Waals surface area contributed by atoms with Gasteiger partial charge in [0.1, 0.15) is 18.1 Å². The largest absolute Gasteiger partial charge is 0.486 e. The fourth-order valence-electron chi connectivity index (χ4n) is 4.37. The van der Waals surface area contributed by atoms with E-state index in [0.717, 1.165) is 17.1 Å². The Kier molecular flexibility index (Phi) is 9.83. The smallest absolute Gasteiger partial charge is 0.307 e. The number of anilines is 1. The van der Waals surface area contributed by atoms with Crippen LogP contribution in [0.4, 0.5) is 5.69 Å². The number of hydrogen-bond donors (Lipinski definition) is 2. The lowest BCUT2D eigenvalue weighted by Crippen LogP contribution is -2.20. The van der Waals surface area contributed by atoms with Gasteiger partial charge in [-0.15, -0.1) is 0 Å². The summed E-state index contributed by atoms with van der Waals surface area (Å²) >= 11 is 9.78. The molecule has 2 N–H and O–H groups in total. The predicted molar refractivity (Wildman–Crippen MR) is 173 cm³/mol. The van der Waals surface area contributed by atoms with Crippen LogP contribution in [0.1, 0.15) is 33.3 Å². The van der Waals surface area contributed by atoms with Crippen molar-refractivity contribution in [3.05, 3.63) is 129 Å². The van der Waals surface area contributed by atoms with E-state index in [-0.39, 0.29) is 29.9 Å². The van der Waals surface area contributed by atoms with E-state index >= 15 is 0 Å². The number of rotatable bonds is 11. The van der Waals surface area contributed by atoms with Crippen LogP contribution in [0, 0.1) is 13.8 Å². The maximum absolute atomic E-state index is 12.5. The van der Waals surface area contributed by atoms with Crippen LogP contribution in [-0.2, 0) is 11.4 Å². The van der Waals surface area contributed by atoms with Crippen molar-refractivity contribution in [1.82, 2.24) is 9.99 Å². The van der Waals surface area contributed by atoms with E-state index in [1.807, 2.05) is 42.5 Å². The Labute approximate surface area is 267 Å². The molecule has 0 spiro atoms. The van der Waals surface area contributed by atoms with Gasteiger partial charge in [-0.1, -0.05) is 29.8 Å². The molecule has 9 nitrogen and oxygen atoms in total. The number of benzene rings is 3. The number of nitrogens with zero attached hydrogens (tertiary/aromatic N) is 2. The van der Waals surface area contributed by atoms with Crippen LogP contribution in [0.25, 0.3) is 5.69 Å². The fourth-order valence-corrected chi connectivity index (χ4v) is 5.36. The van der Waals surface area contributed by atoms with Crippen LogP contribution in [0.5, 0.6) is 11.5 Å². The van der Waals surface area contributed by atoms with Gasteiger partial charge in [-0.3, -0.25) is 9.59 Å². The molecule has 224 valence electrons. The predicted octanol–water partition coefficient (Wildman–Crippen LogP) is 7.46. The summed E-state index contributed by atoms with van der Waals surface area (Å²) in [6.45, 7) is 4.06. The van der Waals surface area contributed by atoms with Crippen LogP contribution in [0.15, 0.2) is 105 Å². The van der Waals surface area contributed by atoms with Crippen LogP contribution in [0.2, 0.25) is 5.02 Å². The van der Waals surface area contributed by atoms with E-state index in [1.165, 1.54) is 6.21 Å². The average molecular weight is 676 g/mol. The maximum atomic E-state index is 12.5. The molecule has 0 radical (unpaired) electrons. The van der Waals surface area contributed by atoms with E-state index in [2.05, 4.69) is 62.3 Å². The molecule has 0 atom stereocenters. The maximum Gasteiger partial charge on any atom is 0.307 e. The number of furan rings is 1. The Morgan fingerprint density at radius 1 is 0.955 bits per heavy atom. The Morgan fingerprint density at radius 3 is 2.39 bits per heavy atom. The summed E-state index contributed by atoms with van der Waals surface area (Å²) in [6.07, 6.45) is 1.42. The molecule has 2 heterocycles. The summed E-state index contributed by atoms with van der Waals surface area (Å²) in [6, 6.07) is 27.5. The van der Waals surface area contributed by atoms with Gasteiger partial charge in [0.15, 0.2) is 18.1 Å². The molecule has 0 aliphatic carbocycles. The van der Waals surface area contributed by atoms with Gasteiger partial charge in [-0.25, -0.2) is 5.43 Å². The monoisotopic (exact) mass is 674 g/mol. The minimum atomic E-state index is -0.524. The van der Waals surface area contributed by atoms with Gasteiger partial charge in [0, 0.05) is 22.8 Å². The zero-order valence-corrected chi connectivity index (χ0v) is 26.2. The second-order valence-electron chi connectivity index (χ2n) is 9.72. The number of nitrogens with one attached hydrogen (secondary N) is 2. The number of halogens is 2. The molecule has 0 unspecified atom stereocenters. The van der Waals surface area contributed by atoms with Crippen molar-refractivity contribution in [2.75, 3.05) is 11.9 Å². The number of aryl methyl sites for hydroxylation is 2. The first kappa shape index (κ1) is 30.7. The highest BCUT2D eigenvalue weighted by Crippen LogP contribution is 2.34. The van der Waals surface area contributed by atoms with Gasteiger partial charge < -0.3 is 23.8 Å². The van der Waals surface area contributed by atoms with Crippen molar-refractivity contribution in [2.24, 2.45) is 5.10 Å².